The lowest BCUT2D eigenvalue weighted by atomic mass is 9.73. The van der Waals surface area contributed by atoms with Gasteiger partial charge in [-0.1, -0.05) is 44.9 Å². The van der Waals surface area contributed by atoms with Crippen LogP contribution in [0.2, 0.25) is 0 Å². The van der Waals surface area contributed by atoms with Crippen LogP contribution in [0, 0.1) is 5.92 Å². The number of anilines is 1. The molecule has 3 rings (SSSR count). The van der Waals surface area contributed by atoms with Crippen molar-refractivity contribution in [2.75, 3.05) is 11.9 Å². The highest BCUT2D eigenvalue weighted by Gasteiger charge is 2.55. The van der Waals surface area contributed by atoms with Gasteiger partial charge in [0.1, 0.15) is 12.1 Å². The quantitative estimate of drug-likeness (QED) is 0.825. The van der Waals surface area contributed by atoms with Gasteiger partial charge in [0.15, 0.2) is 0 Å². The molecule has 0 radical (unpaired) electrons. The number of urea groups is 1. The maximum Gasteiger partial charge on any atom is 0.325 e. The number of para-hydroxylation sites is 1. The maximum atomic E-state index is 12.9. The third-order valence-electron chi connectivity index (χ3n) is 5.48. The van der Waals surface area contributed by atoms with Crippen molar-refractivity contribution in [3.63, 3.8) is 0 Å². The molecule has 0 aromatic heterocycles. The van der Waals surface area contributed by atoms with E-state index in [-0.39, 0.29) is 24.3 Å². The lowest BCUT2D eigenvalue weighted by Crippen LogP contribution is -2.54. The molecule has 2 N–H and O–H groups in total. The van der Waals surface area contributed by atoms with Crippen molar-refractivity contribution < 1.29 is 14.4 Å². The second kappa shape index (κ2) is 6.86. The van der Waals surface area contributed by atoms with Crippen LogP contribution >= 0.6 is 0 Å². The van der Waals surface area contributed by atoms with Gasteiger partial charge in [-0.15, -0.1) is 0 Å². The molecule has 0 unspecified atom stereocenters. The van der Waals surface area contributed by atoms with Crippen LogP contribution in [0.15, 0.2) is 24.3 Å². The summed E-state index contributed by atoms with van der Waals surface area (Å²) in [6, 6.07) is 7.08. The number of aryl methyl sites for hydroxylation is 1. The molecule has 2 atom stereocenters. The molecule has 1 aliphatic heterocycles. The van der Waals surface area contributed by atoms with E-state index >= 15 is 0 Å². The lowest BCUT2D eigenvalue weighted by Gasteiger charge is -2.36. The monoisotopic (exact) mass is 343 g/mol. The van der Waals surface area contributed by atoms with E-state index in [9.17, 15) is 14.4 Å². The Bertz CT molecular complexity index is 703. The normalized spacial score (nSPS) is 26.0. The van der Waals surface area contributed by atoms with E-state index in [4.69, 9.17) is 0 Å². The van der Waals surface area contributed by atoms with Crippen molar-refractivity contribution in [3.05, 3.63) is 29.8 Å². The number of carbonyl (C=O) groups is 3. The summed E-state index contributed by atoms with van der Waals surface area (Å²) >= 11 is 0. The van der Waals surface area contributed by atoms with E-state index in [2.05, 4.69) is 10.6 Å². The first-order valence-electron chi connectivity index (χ1n) is 9.00. The van der Waals surface area contributed by atoms with E-state index in [0.29, 0.717) is 6.42 Å². The van der Waals surface area contributed by atoms with Gasteiger partial charge in [0.25, 0.3) is 5.91 Å². The average molecular weight is 343 g/mol. The van der Waals surface area contributed by atoms with Gasteiger partial charge in [-0.25, -0.2) is 4.79 Å². The molecule has 1 saturated carbocycles. The number of hydrogen-bond acceptors (Lipinski definition) is 3. The SMILES string of the molecule is CCc1ccccc1NC(=O)CN1C(=O)N[C@]2(CCCC[C@H]2C)C1=O. The molecule has 0 bridgehead atoms. The molecule has 1 aromatic rings. The number of hydrogen-bond donors (Lipinski definition) is 2. The summed E-state index contributed by atoms with van der Waals surface area (Å²) in [6.07, 6.45) is 4.34. The third kappa shape index (κ3) is 3.13. The number of carbonyl (C=O) groups excluding carboxylic acids is 3. The number of amides is 4. The van der Waals surface area contributed by atoms with Gasteiger partial charge in [-0.2, -0.15) is 0 Å². The van der Waals surface area contributed by atoms with Gasteiger partial charge in [0.05, 0.1) is 0 Å². The van der Waals surface area contributed by atoms with Crippen molar-refractivity contribution >= 4 is 23.5 Å². The minimum Gasteiger partial charge on any atom is -0.324 e. The van der Waals surface area contributed by atoms with E-state index in [0.717, 1.165) is 41.8 Å². The summed E-state index contributed by atoms with van der Waals surface area (Å²) in [4.78, 5) is 38.7. The topological polar surface area (TPSA) is 78.5 Å². The minimum atomic E-state index is -0.822. The molecule has 2 aliphatic rings. The van der Waals surface area contributed by atoms with Crippen LogP contribution in [0.4, 0.5) is 10.5 Å². The highest BCUT2D eigenvalue weighted by molar-refractivity contribution is 6.10. The third-order valence-corrected chi connectivity index (χ3v) is 5.48. The molecule has 25 heavy (non-hydrogen) atoms. The van der Waals surface area contributed by atoms with Crippen molar-refractivity contribution in [2.45, 2.75) is 51.5 Å². The molecular weight excluding hydrogens is 318 g/mol. The lowest BCUT2D eigenvalue weighted by molar-refractivity contribution is -0.136. The number of imide groups is 1. The van der Waals surface area contributed by atoms with Crippen molar-refractivity contribution in [1.82, 2.24) is 10.2 Å². The van der Waals surface area contributed by atoms with Crippen molar-refractivity contribution in [1.29, 1.82) is 0 Å². The zero-order valence-corrected chi connectivity index (χ0v) is 14.8. The van der Waals surface area contributed by atoms with Gasteiger partial charge >= 0.3 is 6.03 Å². The standard InChI is InChI=1S/C19H25N3O3/c1-3-14-9-4-5-10-15(14)20-16(23)12-22-17(24)19(21-18(22)25)11-7-6-8-13(19)2/h4-5,9-10,13H,3,6-8,11-12H2,1-2H3,(H,20,23)(H,21,25)/t13-,19+/m1/s1. The Morgan fingerprint density at radius 3 is 2.80 bits per heavy atom. The molecule has 1 saturated heterocycles. The first-order valence-corrected chi connectivity index (χ1v) is 9.00. The van der Waals surface area contributed by atoms with Crippen LogP contribution in [0.1, 0.15) is 45.1 Å². The van der Waals surface area contributed by atoms with Gasteiger partial charge in [-0.05, 0) is 36.8 Å². The molecule has 1 aromatic carbocycles. The first kappa shape index (κ1) is 17.5. The number of rotatable bonds is 4. The van der Waals surface area contributed by atoms with Crippen molar-refractivity contribution in [2.24, 2.45) is 5.92 Å². The maximum absolute atomic E-state index is 12.9. The summed E-state index contributed by atoms with van der Waals surface area (Å²) < 4.78 is 0. The summed E-state index contributed by atoms with van der Waals surface area (Å²) in [7, 11) is 0. The molecule has 1 spiro atoms. The van der Waals surface area contributed by atoms with Crippen molar-refractivity contribution in [3.8, 4) is 0 Å². The van der Waals surface area contributed by atoms with Gasteiger partial charge in [-0.3, -0.25) is 14.5 Å². The molecule has 4 amide bonds. The fourth-order valence-electron chi connectivity index (χ4n) is 3.92. The van der Waals surface area contributed by atoms with Gasteiger partial charge in [0.2, 0.25) is 5.91 Å². The summed E-state index contributed by atoms with van der Waals surface area (Å²) in [5.41, 5.74) is 0.921. The summed E-state index contributed by atoms with van der Waals surface area (Å²) in [5, 5.41) is 5.69. The zero-order chi connectivity index (χ0) is 18.0. The number of nitrogens with one attached hydrogen (secondary N) is 2. The fraction of sp³-hybridized carbons (Fsp3) is 0.526. The first-order chi connectivity index (χ1) is 12.0. The van der Waals surface area contributed by atoms with Crippen LogP contribution in [0.3, 0.4) is 0 Å². The Morgan fingerprint density at radius 2 is 2.08 bits per heavy atom. The predicted octanol–water partition coefficient (Wildman–Crippen LogP) is 2.69. The van der Waals surface area contributed by atoms with Crippen LogP contribution in [-0.2, 0) is 16.0 Å². The molecular formula is C19H25N3O3. The highest BCUT2D eigenvalue weighted by atomic mass is 16.2. The average Bonchev–Trinajstić information content (AvgIpc) is 2.83. The van der Waals surface area contributed by atoms with Crippen LogP contribution in [0.5, 0.6) is 0 Å². The van der Waals surface area contributed by atoms with Crippen LogP contribution in [-0.4, -0.2) is 34.8 Å². The predicted molar refractivity (Wildman–Crippen MR) is 95.1 cm³/mol. The van der Waals surface area contributed by atoms with Gasteiger partial charge in [0, 0.05) is 5.69 Å². The smallest absolute Gasteiger partial charge is 0.324 e. The van der Waals surface area contributed by atoms with E-state index < -0.39 is 11.6 Å². The second-order valence-electron chi connectivity index (χ2n) is 7.00. The zero-order valence-electron chi connectivity index (χ0n) is 14.8. The molecule has 2 fully saturated rings. The Balaban J connectivity index is 1.71. The Labute approximate surface area is 148 Å². The second-order valence-corrected chi connectivity index (χ2v) is 7.00. The largest absolute Gasteiger partial charge is 0.325 e. The van der Waals surface area contributed by atoms with E-state index in [1.807, 2.05) is 38.1 Å². The van der Waals surface area contributed by atoms with E-state index in [1.54, 1.807) is 0 Å². The summed E-state index contributed by atoms with van der Waals surface area (Å²) in [5.74, 6) is -0.528. The van der Waals surface area contributed by atoms with E-state index in [1.165, 1.54) is 0 Å². The van der Waals surface area contributed by atoms with Crippen LogP contribution in [0.25, 0.3) is 0 Å². The number of benzene rings is 1. The Kier molecular flexibility index (Phi) is 4.79. The molecule has 1 heterocycles. The Morgan fingerprint density at radius 1 is 1.32 bits per heavy atom. The molecule has 1 aliphatic carbocycles. The molecule has 6 nitrogen and oxygen atoms in total. The molecule has 134 valence electrons. The fourth-order valence-corrected chi connectivity index (χ4v) is 3.92. The Hall–Kier alpha value is -2.37. The minimum absolute atomic E-state index is 0.0894. The molecule has 6 heteroatoms. The highest BCUT2D eigenvalue weighted by Crippen LogP contribution is 2.38. The van der Waals surface area contributed by atoms with Crippen LogP contribution < -0.4 is 10.6 Å². The summed E-state index contributed by atoms with van der Waals surface area (Å²) in [6.45, 7) is 3.76. The number of nitrogens with zero attached hydrogens (tertiary/aromatic N) is 1. The van der Waals surface area contributed by atoms with Gasteiger partial charge < -0.3 is 10.6 Å².